The van der Waals surface area contributed by atoms with E-state index in [4.69, 9.17) is 4.84 Å². The molecule has 0 aliphatic rings. The van der Waals surface area contributed by atoms with Crippen molar-refractivity contribution in [3.05, 3.63) is 102 Å². The van der Waals surface area contributed by atoms with E-state index in [1.165, 1.54) is 6.08 Å². The third-order valence-corrected chi connectivity index (χ3v) is 4.41. The second kappa shape index (κ2) is 10.4. The molecule has 0 aliphatic carbocycles. The van der Waals surface area contributed by atoms with E-state index in [2.05, 4.69) is 10.5 Å². The molecule has 0 bridgehead atoms. The van der Waals surface area contributed by atoms with Gasteiger partial charge < -0.3 is 10.2 Å². The van der Waals surface area contributed by atoms with Crippen LogP contribution in [0.4, 0.5) is 0 Å². The molecule has 0 radical (unpaired) electrons. The summed E-state index contributed by atoms with van der Waals surface area (Å²) in [4.78, 5) is 30.0. The molecular weight excluding hydrogens is 400 g/mol. The first-order valence-electron chi connectivity index (χ1n) is 10.3. The molecule has 0 unspecified atom stereocenters. The van der Waals surface area contributed by atoms with Gasteiger partial charge in [-0.1, -0.05) is 90.1 Å². The summed E-state index contributed by atoms with van der Waals surface area (Å²) in [6, 6.07) is 26.7. The van der Waals surface area contributed by atoms with Gasteiger partial charge in [0.05, 0.1) is 0 Å². The third-order valence-electron chi connectivity index (χ3n) is 4.41. The second-order valence-corrected chi connectivity index (χ2v) is 8.24. The zero-order chi connectivity index (χ0) is 23.0. The van der Waals surface area contributed by atoms with Gasteiger partial charge in [0.15, 0.2) is 5.71 Å². The lowest BCUT2D eigenvalue weighted by Gasteiger charge is -2.20. The average molecular weight is 427 g/mol. The number of hydrogen-bond donors (Lipinski definition) is 1. The predicted molar refractivity (Wildman–Crippen MR) is 128 cm³/mol. The molecule has 32 heavy (non-hydrogen) atoms. The van der Waals surface area contributed by atoms with E-state index >= 15 is 0 Å². The highest BCUT2D eigenvalue weighted by Crippen LogP contribution is 2.20. The number of oxime groups is 1. The summed E-state index contributed by atoms with van der Waals surface area (Å²) in [6.07, 6.45) is 2.90. The molecule has 0 saturated carbocycles. The number of benzene rings is 3. The van der Waals surface area contributed by atoms with Gasteiger partial charge in [0, 0.05) is 17.2 Å². The molecule has 5 nitrogen and oxygen atoms in total. The van der Waals surface area contributed by atoms with Crippen LogP contribution in [0.2, 0.25) is 0 Å². The molecule has 162 valence electrons. The quantitative estimate of drug-likeness (QED) is 0.254. The van der Waals surface area contributed by atoms with E-state index in [-0.39, 0.29) is 5.71 Å². The van der Waals surface area contributed by atoms with Gasteiger partial charge in [-0.15, -0.1) is 0 Å². The number of hydrogen-bond acceptors (Lipinski definition) is 4. The van der Waals surface area contributed by atoms with E-state index in [0.29, 0.717) is 5.56 Å². The third kappa shape index (κ3) is 6.77. The van der Waals surface area contributed by atoms with Gasteiger partial charge in [0.1, 0.15) is 0 Å². The summed E-state index contributed by atoms with van der Waals surface area (Å²) in [7, 11) is 0. The van der Waals surface area contributed by atoms with Gasteiger partial charge in [-0.3, -0.25) is 4.79 Å². The second-order valence-electron chi connectivity index (χ2n) is 8.24. The molecule has 0 aliphatic heterocycles. The van der Waals surface area contributed by atoms with Gasteiger partial charge in [0.25, 0.3) is 5.91 Å². The number of nitrogens with zero attached hydrogens (tertiary/aromatic N) is 1. The van der Waals surface area contributed by atoms with Crippen LogP contribution in [0, 0.1) is 0 Å². The summed E-state index contributed by atoms with van der Waals surface area (Å²) < 4.78 is 0. The highest BCUT2D eigenvalue weighted by molar-refractivity contribution is 6.45. The highest BCUT2D eigenvalue weighted by Gasteiger charge is 2.21. The van der Waals surface area contributed by atoms with Crippen LogP contribution in [-0.4, -0.2) is 23.1 Å². The molecule has 0 heterocycles. The first kappa shape index (κ1) is 22.7. The Labute approximate surface area is 188 Å². The largest absolute Gasteiger partial charge is 0.358 e. The Bertz CT molecular complexity index is 1110. The number of carbonyl (C=O) groups excluding carboxylic acids is 2. The van der Waals surface area contributed by atoms with Crippen LogP contribution in [0.5, 0.6) is 0 Å². The minimum absolute atomic E-state index is 0.0287. The van der Waals surface area contributed by atoms with Crippen molar-refractivity contribution in [2.75, 3.05) is 0 Å². The maximum Gasteiger partial charge on any atom is 0.358 e. The highest BCUT2D eigenvalue weighted by atomic mass is 16.7. The Balaban J connectivity index is 1.82. The number of rotatable bonds is 6. The SMILES string of the molecule is CC(C)(C)NC(=O)/C(=N\OC(=O)/C=C/c1ccccc1)c1ccc(-c2ccccc2)cc1. The molecule has 0 spiro atoms. The fourth-order valence-corrected chi connectivity index (χ4v) is 2.93. The molecular formula is C27H26N2O3. The lowest BCUT2D eigenvalue weighted by atomic mass is 10.0. The standard InChI is InChI=1S/C27H26N2O3/c1-27(2,3)28-26(31)25(29-32-24(30)19-14-20-10-6-4-7-11-20)23-17-15-22(16-18-23)21-12-8-5-9-13-21/h4-19H,1-3H3,(H,28,31)/b19-14+,29-25-. The zero-order valence-electron chi connectivity index (χ0n) is 18.4. The van der Waals surface area contributed by atoms with Crippen LogP contribution < -0.4 is 5.32 Å². The molecule has 0 aromatic heterocycles. The van der Waals surface area contributed by atoms with Gasteiger partial charge in [-0.25, -0.2) is 4.79 Å². The van der Waals surface area contributed by atoms with Gasteiger partial charge in [0.2, 0.25) is 0 Å². The Kier molecular flexibility index (Phi) is 7.34. The molecule has 0 fully saturated rings. The van der Waals surface area contributed by atoms with E-state index in [1.54, 1.807) is 18.2 Å². The number of carbonyl (C=O) groups is 2. The Morgan fingerprint density at radius 3 is 1.97 bits per heavy atom. The fraction of sp³-hybridized carbons (Fsp3) is 0.148. The lowest BCUT2D eigenvalue weighted by molar-refractivity contribution is -0.137. The molecule has 0 atom stereocenters. The van der Waals surface area contributed by atoms with Crippen molar-refractivity contribution in [2.24, 2.45) is 5.16 Å². The van der Waals surface area contributed by atoms with Crippen molar-refractivity contribution in [1.29, 1.82) is 0 Å². The smallest absolute Gasteiger partial charge is 0.346 e. The summed E-state index contributed by atoms with van der Waals surface area (Å²) in [5.41, 5.74) is 3.03. The Hall–Kier alpha value is -3.99. The van der Waals surface area contributed by atoms with Crippen LogP contribution in [0.1, 0.15) is 31.9 Å². The summed E-state index contributed by atoms with van der Waals surface area (Å²) in [5.74, 6) is -1.10. The van der Waals surface area contributed by atoms with Crippen molar-refractivity contribution in [2.45, 2.75) is 26.3 Å². The molecule has 1 amide bonds. The molecule has 3 rings (SSSR count). The maximum atomic E-state index is 12.9. The molecule has 0 saturated heterocycles. The maximum absolute atomic E-state index is 12.9. The number of nitrogens with one attached hydrogen (secondary N) is 1. The number of amides is 1. The van der Waals surface area contributed by atoms with Crippen LogP contribution in [0.3, 0.4) is 0 Å². The topological polar surface area (TPSA) is 67.8 Å². The zero-order valence-corrected chi connectivity index (χ0v) is 18.4. The van der Waals surface area contributed by atoms with Crippen molar-refractivity contribution in [3.63, 3.8) is 0 Å². The van der Waals surface area contributed by atoms with E-state index < -0.39 is 17.4 Å². The van der Waals surface area contributed by atoms with Crippen LogP contribution >= 0.6 is 0 Å². The summed E-state index contributed by atoms with van der Waals surface area (Å²) >= 11 is 0. The average Bonchev–Trinajstić information content (AvgIpc) is 2.78. The van der Waals surface area contributed by atoms with Crippen LogP contribution in [0.15, 0.2) is 96.2 Å². The Morgan fingerprint density at radius 2 is 1.38 bits per heavy atom. The normalized spacial score (nSPS) is 11.9. The Morgan fingerprint density at radius 1 is 0.812 bits per heavy atom. The fourth-order valence-electron chi connectivity index (χ4n) is 2.93. The van der Waals surface area contributed by atoms with E-state index in [1.807, 2.05) is 93.6 Å². The molecule has 3 aromatic carbocycles. The van der Waals surface area contributed by atoms with Crippen molar-refractivity contribution in [1.82, 2.24) is 5.32 Å². The molecule has 1 N–H and O–H groups in total. The summed E-state index contributed by atoms with van der Waals surface area (Å²) in [6.45, 7) is 5.61. The van der Waals surface area contributed by atoms with Gasteiger partial charge in [-0.2, -0.15) is 0 Å². The van der Waals surface area contributed by atoms with Gasteiger partial charge >= 0.3 is 5.97 Å². The van der Waals surface area contributed by atoms with Crippen LogP contribution in [-0.2, 0) is 14.4 Å². The van der Waals surface area contributed by atoms with Gasteiger partial charge in [-0.05, 0) is 43.5 Å². The van der Waals surface area contributed by atoms with E-state index in [0.717, 1.165) is 16.7 Å². The predicted octanol–water partition coefficient (Wildman–Crippen LogP) is 5.23. The van der Waals surface area contributed by atoms with Crippen molar-refractivity contribution < 1.29 is 14.4 Å². The monoisotopic (exact) mass is 426 g/mol. The first-order chi connectivity index (χ1) is 15.3. The molecule has 5 heteroatoms. The van der Waals surface area contributed by atoms with Crippen molar-refractivity contribution in [3.8, 4) is 11.1 Å². The minimum atomic E-state index is -0.671. The van der Waals surface area contributed by atoms with E-state index in [9.17, 15) is 9.59 Å². The summed E-state index contributed by atoms with van der Waals surface area (Å²) in [5, 5.41) is 6.76. The molecule has 3 aromatic rings. The lowest BCUT2D eigenvalue weighted by Crippen LogP contribution is -2.44. The van der Waals surface area contributed by atoms with Crippen LogP contribution in [0.25, 0.3) is 17.2 Å². The minimum Gasteiger partial charge on any atom is -0.346 e. The van der Waals surface area contributed by atoms with Crippen molar-refractivity contribution >= 4 is 23.7 Å². The first-order valence-corrected chi connectivity index (χ1v) is 10.3.